The molecule has 6 nitrogen and oxygen atoms in total. The van der Waals surface area contributed by atoms with Gasteiger partial charge in [0, 0.05) is 6.08 Å². The van der Waals surface area contributed by atoms with Gasteiger partial charge in [0.1, 0.15) is 10.3 Å². The Morgan fingerprint density at radius 1 is 1.00 bits per heavy atom. The van der Waals surface area contributed by atoms with Crippen LogP contribution in [0.1, 0.15) is 5.76 Å². The number of hydrogen-bond acceptors (Lipinski definition) is 6. The molecule has 2 aromatic carbocycles. The highest BCUT2D eigenvalue weighted by atomic mass is 32.2. The first-order valence-corrected chi connectivity index (χ1v) is 10.5. The fourth-order valence-electron chi connectivity index (χ4n) is 3.28. The summed E-state index contributed by atoms with van der Waals surface area (Å²) in [6.07, 6.45) is 1.76. The summed E-state index contributed by atoms with van der Waals surface area (Å²) in [6.45, 7) is 0. The highest BCUT2D eigenvalue weighted by Gasteiger charge is 2.12. The third-order valence-electron chi connectivity index (χ3n) is 4.59. The lowest BCUT2D eigenvalue weighted by Gasteiger charge is -1.91. The van der Waals surface area contributed by atoms with Crippen molar-refractivity contribution in [2.24, 2.45) is 0 Å². The average Bonchev–Trinajstić information content (AvgIpc) is 3.47. The molecule has 0 atom stereocenters. The second kappa shape index (κ2) is 6.33. The molecule has 0 bridgehead atoms. The monoisotopic (exact) mass is 416 g/mol. The molecule has 6 rings (SSSR count). The molecule has 0 aliphatic rings. The first-order valence-electron chi connectivity index (χ1n) is 8.89. The molecule has 0 fully saturated rings. The van der Waals surface area contributed by atoms with Crippen molar-refractivity contribution in [2.75, 3.05) is 0 Å². The van der Waals surface area contributed by atoms with E-state index in [4.69, 9.17) is 4.42 Å². The Balaban J connectivity index is 1.36. The predicted molar refractivity (Wildman–Crippen MR) is 115 cm³/mol. The summed E-state index contributed by atoms with van der Waals surface area (Å²) in [6, 6.07) is 19.2. The van der Waals surface area contributed by atoms with Gasteiger partial charge in [-0.3, -0.25) is 4.79 Å². The number of hydrogen-bond donors (Lipinski definition) is 1. The van der Waals surface area contributed by atoms with E-state index in [1.165, 1.54) is 23.1 Å². The van der Waals surface area contributed by atoms with E-state index in [0.29, 0.717) is 20.3 Å². The van der Waals surface area contributed by atoms with E-state index in [0.717, 1.165) is 27.2 Å². The Morgan fingerprint density at radius 3 is 2.72 bits per heavy atom. The van der Waals surface area contributed by atoms with Crippen LogP contribution < -0.4 is 10.1 Å². The number of nitrogens with one attached hydrogen (secondary N) is 1. The van der Waals surface area contributed by atoms with Crippen molar-refractivity contribution in [1.82, 2.24) is 19.4 Å². The van der Waals surface area contributed by atoms with Crippen LogP contribution in [0.2, 0.25) is 0 Å². The third kappa shape index (κ3) is 2.76. The Morgan fingerprint density at radius 2 is 1.83 bits per heavy atom. The van der Waals surface area contributed by atoms with Crippen molar-refractivity contribution in [2.45, 2.75) is 10.2 Å². The summed E-state index contributed by atoms with van der Waals surface area (Å²) in [4.78, 5) is 25.9. The van der Waals surface area contributed by atoms with Crippen LogP contribution in [0.5, 0.6) is 0 Å². The smallest absolute Gasteiger partial charge is 0.275 e. The maximum atomic E-state index is 12.8. The van der Waals surface area contributed by atoms with Gasteiger partial charge in [0.2, 0.25) is 0 Å². The Labute approximate surface area is 171 Å². The lowest BCUT2D eigenvalue weighted by atomic mass is 10.3. The van der Waals surface area contributed by atoms with Gasteiger partial charge in [-0.1, -0.05) is 35.6 Å². The van der Waals surface area contributed by atoms with Gasteiger partial charge in [-0.25, -0.2) is 14.4 Å². The molecular weight excluding hydrogens is 404 g/mol. The van der Waals surface area contributed by atoms with Crippen molar-refractivity contribution in [3.8, 4) is 0 Å². The number of para-hydroxylation sites is 4. The summed E-state index contributed by atoms with van der Waals surface area (Å²) in [5.41, 5.74) is 3.47. The van der Waals surface area contributed by atoms with E-state index in [-0.39, 0.29) is 5.56 Å². The number of thiazole rings is 1. The number of benzene rings is 2. The van der Waals surface area contributed by atoms with Gasteiger partial charge in [-0.2, -0.15) is 0 Å². The number of imidazole rings is 2. The van der Waals surface area contributed by atoms with Crippen LogP contribution in [0.3, 0.4) is 0 Å². The maximum absolute atomic E-state index is 12.8. The van der Waals surface area contributed by atoms with Gasteiger partial charge in [0.05, 0.1) is 22.1 Å². The predicted octanol–water partition coefficient (Wildman–Crippen LogP) is 4.08. The van der Waals surface area contributed by atoms with Gasteiger partial charge in [0.25, 0.3) is 5.56 Å². The molecule has 0 amide bonds. The van der Waals surface area contributed by atoms with Crippen LogP contribution in [0.25, 0.3) is 33.1 Å². The van der Waals surface area contributed by atoms with Crippen molar-refractivity contribution in [3.05, 3.63) is 81.3 Å². The highest BCUT2D eigenvalue weighted by Crippen LogP contribution is 2.29. The van der Waals surface area contributed by atoms with Gasteiger partial charge in [0.15, 0.2) is 15.2 Å². The zero-order chi connectivity index (χ0) is 19.4. The lowest BCUT2D eigenvalue weighted by molar-refractivity contribution is 0.466. The van der Waals surface area contributed by atoms with Gasteiger partial charge in [-0.15, -0.1) is 0 Å². The van der Waals surface area contributed by atoms with E-state index >= 15 is 0 Å². The third-order valence-corrected chi connectivity index (χ3v) is 6.36. The van der Waals surface area contributed by atoms with Gasteiger partial charge >= 0.3 is 0 Å². The van der Waals surface area contributed by atoms with Gasteiger partial charge in [-0.05, 0) is 48.2 Å². The molecular formula is C21H12N4O2S2. The van der Waals surface area contributed by atoms with Crippen LogP contribution >= 0.6 is 23.1 Å². The minimum absolute atomic E-state index is 0.0819. The molecule has 0 saturated carbocycles. The number of aromatic nitrogens is 4. The first kappa shape index (κ1) is 16.6. The molecule has 0 saturated heterocycles. The number of furan rings is 1. The second-order valence-corrected chi connectivity index (χ2v) is 8.45. The molecule has 1 N–H and O–H groups in total. The zero-order valence-electron chi connectivity index (χ0n) is 14.8. The van der Waals surface area contributed by atoms with Crippen molar-refractivity contribution >= 4 is 56.2 Å². The normalized spacial score (nSPS) is 12.6. The summed E-state index contributed by atoms with van der Waals surface area (Å²) >= 11 is 2.77. The minimum Gasteiger partial charge on any atom is -0.450 e. The second-order valence-electron chi connectivity index (χ2n) is 6.45. The molecule has 8 heteroatoms. The summed E-state index contributed by atoms with van der Waals surface area (Å²) < 4.78 is 8.13. The summed E-state index contributed by atoms with van der Waals surface area (Å²) in [7, 11) is 0. The fourth-order valence-corrected chi connectivity index (χ4v) is 5.02. The van der Waals surface area contributed by atoms with E-state index in [1.54, 1.807) is 10.5 Å². The van der Waals surface area contributed by atoms with Crippen LogP contribution in [-0.4, -0.2) is 19.4 Å². The lowest BCUT2D eigenvalue weighted by Crippen LogP contribution is -2.22. The molecule has 29 heavy (non-hydrogen) atoms. The Kier molecular flexibility index (Phi) is 3.62. The first-order chi connectivity index (χ1) is 14.2. The number of H-pyrrole nitrogens is 1. The molecule has 0 unspecified atom stereocenters. The van der Waals surface area contributed by atoms with Crippen molar-refractivity contribution in [1.29, 1.82) is 0 Å². The van der Waals surface area contributed by atoms with Crippen LogP contribution in [0, 0.1) is 0 Å². The van der Waals surface area contributed by atoms with E-state index in [2.05, 4.69) is 15.0 Å². The Bertz CT molecular complexity index is 1590. The number of fused-ring (bicyclic) bond motifs is 4. The van der Waals surface area contributed by atoms with Gasteiger partial charge < -0.3 is 9.40 Å². The SMILES string of the molecule is O=c1/c(=C/c2ccc(Sc3nc4ccccc4[nH]3)o2)sc2nc3ccccc3n12. The molecule has 0 radical (unpaired) electrons. The molecule has 0 aliphatic heterocycles. The molecule has 0 spiro atoms. The Hall–Kier alpha value is -3.36. The summed E-state index contributed by atoms with van der Waals surface area (Å²) in [5, 5.41) is 1.47. The number of rotatable bonds is 3. The largest absolute Gasteiger partial charge is 0.450 e. The molecule has 4 aromatic heterocycles. The standard InChI is InChI=1S/C21H12N4O2S2/c26-19-17(28-21-24-15-7-3-4-8-16(15)25(19)21)11-12-9-10-18(27-12)29-20-22-13-5-1-2-6-14(13)23-20/h1-11H,(H,22,23)/b17-11-. The van der Waals surface area contributed by atoms with E-state index in [1.807, 2.05) is 60.7 Å². The topological polar surface area (TPSA) is 76.2 Å². The zero-order valence-corrected chi connectivity index (χ0v) is 16.5. The van der Waals surface area contributed by atoms with E-state index in [9.17, 15) is 4.79 Å². The maximum Gasteiger partial charge on any atom is 0.275 e. The number of aromatic amines is 1. The fraction of sp³-hybridized carbons (Fsp3) is 0. The molecule has 6 aromatic rings. The quantitative estimate of drug-likeness (QED) is 0.471. The van der Waals surface area contributed by atoms with Crippen LogP contribution in [0.4, 0.5) is 0 Å². The molecule has 4 heterocycles. The van der Waals surface area contributed by atoms with Crippen molar-refractivity contribution < 1.29 is 4.42 Å². The summed E-state index contributed by atoms with van der Waals surface area (Å²) in [5.74, 6) is 0.620. The van der Waals surface area contributed by atoms with Crippen LogP contribution in [0.15, 0.2) is 80.1 Å². The van der Waals surface area contributed by atoms with Crippen molar-refractivity contribution in [3.63, 3.8) is 0 Å². The van der Waals surface area contributed by atoms with Crippen LogP contribution in [-0.2, 0) is 0 Å². The molecule has 140 valence electrons. The molecule has 0 aliphatic carbocycles. The number of nitrogens with zero attached hydrogens (tertiary/aromatic N) is 3. The average molecular weight is 416 g/mol. The highest BCUT2D eigenvalue weighted by molar-refractivity contribution is 7.99. The van der Waals surface area contributed by atoms with E-state index < -0.39 is 0 Å². The minimum atomic E-state index is -0.0819.